The molecule has 4 aromatic rings. The predicted molar refractivity (Wildman–Crippen MR) is 126 cm³/mol. The monoisotopic (exact) mass is 409 g/mol. The van der Waals surface area contributed by atoms with Crippen molar-refractivity contribution in [3.05, 3.63) is 102 Å². The number of aromatic nitrogens is 2. The highest BCUT2D eigenvalue weighted by atomic mass is 16.2. The number of benzene rings is 3. The summed E-state index contributed by atoms with van der Waals surface area (Å²) in [4.78, 5) is 18.6. The van der Waals surface area contributed by atoms with Crippen molar-refractivity contribution in [2.24, 2.45) is 0 Å². The highest BCUT2D eigenvalue weighted by Gasteiger charge is 2.25. The van der Waals surface area contributed by atoms with Crippen LogP contribution in [0.5, 0.6) is 0 Å². The fourth-order valence-electron chi connectivity index (χ4n) is 3.93. The van der Waals surface area contributed by atoms with Gasteiger partial charge in [-0.1, -0.05) is 97.9 Å². The van der Waals surface area contributed by atoms with Crippen LogP contribution in [0.25, 0.3) is 22.6 Å². The lowest BCUT2D eigenvalue weighted by Crippen LogP contribution is -2.30. The number of nitrogens with zero attached hydrogens (tertiary/aromatic N) is 2. The van der Waals surface area contributed by atoms with Crippen molar-refractivity contribution < 1.29 is 4.79 Å². The first-order chi connectivity index (χ1) is 15.2. The number of imidazole rings is 1. The Hall–Kier alpha value is -3.66. The molecule has 1 N–H and O–H groups in total. The topological polar surface area (TPSA) is 46.9 Å². The molecular formula is C27H27N3O. The number of carbonyl (C=O) groups is 1. The Morgan fingerprint density at radius 1 is 0.839 bits per heavy atom. The molecule has 0 spiro atoms. The van der Waals surface area contributed by atoms with Crippen molar-refractivity contribution in [2.75, 3.05) is 0 Å². The smallest absolute Gasteiger partial charge is 0.270 e. The average Bonchev–Trinajstić information content (AvgIpc) is 3.24. The maximum absolute atomic E-state index is 13.6. The molecule has 31 heavy (non-hydrogen) atoms. The summed E-state index contributed by atoms with van der Waals surface area (Å²) in [7, 11) is 0. The van der Waals surface area contributed by atoms with Crippen molar-refractivity contribution in [3.8, 4) is 22.6 Å². The molecule has 0 saturated carbocycles. The van der Waals surface area contributed by atoms with Crippen LogP contribution in [0.2, 0.25) is 0 Å². The molecule has 1 aromatic heterocycles. The Bertz CT molecular complexity index is 1140. The van der Waals surface area contributed by atoms with Gasteiger partial charge >= 0.3 is 0 Å². The number of nitrogens with one attached hydrogen (secondary N) is 1. The second-order valence-corrected chi connectivity index (χ2v) is 7.45. The van der Waals surface area contributed by atoms with Crippen molar-refractivity contribution in [1.82, 2.24) is 14.9 Å². The largest absolute Gasteiger partial charge is 0.344 e. The van der Waals surface area contributed by atoms with Crippen LogP contribution in [-0.2, 0) is 6.54 Å². The molecule has 4 nitrogen and oxygen atoms in total. The van der Waals surface area contributed by atoms with Crippen molar-refractivity contribution in [2.45, 2.75) is 32.9 Å². The number of carbonyl (C=O) groups excluding carboxylic acids is 1. The van der Waals surface area contributed by atoms with Crippen LogP contribution in [-0.4, -0.2) is 15.5 Å². The molecule has 0 aliphatic carbocycles. The summed E-state index contributed by atoms with van der Waals surface area (Å²) in [5, 5.41) is 3.25. The molecule has 0 saturated heterocycles. The zero-order valence-corrected chi connectivity index (χ0v) is 18.0. The highest BCUT2D eigenvalue weighted by molar-refractivity contribution is 5.99. The van der Waals surface area contributed by atoms with Crippen LogP contribution < -0.4 is 5.32 Å². The Morgan fingerprint density at radius 3 is 1.94 bits per heavy atom. The maximum Gasteiger partial charge on any atom is 0.270 e. The Labute approximate surface area is 183 Å². The quantitative estimate of drug-likeness (QED) is 0.400. The van der Waals surface area contributed by atoms with Crippen LogP contribution in [0.1, 0.15) is 42.4 Å². The third-order valence-electron chi connectivity index (χ3n) is 5.49. The number of amides is 1. The first kappa shape index (κ1) is 20.6. The zero-order valence-electron chi connectivity index (χ0n) is 18.0. The third kappa shape index (κ3) is 4.29. The van der Waals surface area contributed by atoms with Crippen LogP contribution in [0.15, 0.2) is 91.0 Å². The Balaban J connectivity index is 1.81. The zero-order chi connectivity index (χ0) is 21.6. The van der Waals surface area contributed by atoms with Gasteiger partial charge in [0.05, 0.1) is 6.04 Å². The molecule has 4 rings (SSSR count). The van der Waals surface area contributed by atoms with E-state index in [0.717, 1.165) is 28.9 Å². The molecule has 1 heterocycles. The molecule has 1 unspecified atom stereocenters. The summed E-state index contributed by atoms with van der Waals surface area (Å²) in [6, 6.07) is 30.0. The van der Waals surface area contributed by atoms with Crippen LogP contribution >= 0.6 is 0 Å². The van der Waals surface area contributed by atoms with E-state index in [0.29, 0.717) is 17.9 Å². The molecule has 156 valence electrons. The second-order valence-electron chi connectivity index (χ2n) is 7.45. The molecule has 0 radical (unpaired) electrons. The Morgan fingerprint density at radius 2 is 1.39 bits per heavy atom. The minimum Gasteiger partial charge on any atom is -0.344 e. The average molecular weight is 410 g/mol. The summed E-state index contributed by atoms with van der Waals surface area (Å²) in [5.41, 5.74) is 4.34. The fourth-order valence-corrected chi connectivity index (χ4v) is 3.93. The lowest BCUT2D eigenvalue weighted by atomic mass is 10.0. The molecule has 1 atom stereocenters. The van der Waals surface area contributed by atoms with Crippen LogP contribution in [0.4, 0.5) is 0 Å². The van der Waals surface area contributed by atoms with Crippen molar-refractivity contribution >= 4 is 5.91 Å². The Kier molecular flexibility index (Phi) is 6.27. The summed E-state index contributed by atoms with van der Waals surface area (Å²) in [6.07, 6.45) is 0.808. The van der Waals surface area contributed by atoms with E-state index in [1.807, 2.05) is 90.4 Å². The van der Waals surface area contributed by atoms with Crippen LogP contribution in [0.3, 0.4) is 0 Å². The molecule has 4 heteroatoms. The minimum atomic E-state index is -0.105. The lowest BCUT2D eigenvalue weighted by molar-refractivity contribution is 0.0927. The van der Waals surface area contributed by atoms with Crippen LogP contribution in [0, 0.1) is 0 Å². The summed E-state index contributed by atoms with van der Waals surface area (Å²) < 4.78 is 2.02. The van der Waals surface area contributed by atoms with E-state index >= 15 is 0 Å². The number of rotatable bonds is 7. The second kappa shape index (κ2) is 9.43. The van der Waals surface area contributed by atoms with Gasteiger partial charge in [-0.25, -0.2) is 4.98 Å². The van der Waals surface area contributed by atoms with Crippen molar-refractivity contribution in [1.29, 1.82) is 0 Å². The maximum atomic E-state index is 13.6. The normalized spacial score (nSPS) is 11.8. The minimum absolute atomic E-state index is 0.0577. The van der Waals surface area contributed by atoms with Gasteiger partial charge < -0.3 is 9.88 Å². The molecule has 0 aliphatic rings. The van der Waals surface area contributed by atoms with Gasteiger partial charge in [0.2, 0.25) is 0 Å². The molecule has 1 amide bonds. The van der Waals surface area contributed by atoms with E-state index < -0.39 is 0 Å². The van der Waals surface area contributed by atoms with Gasteiger partial charge in [-0.05, 0) is 18.9 Å². The fraction of sp³-hybridized carbons (Fsp3) is 0.185. The summed E-state index contributed by atoms with van der Waals surface area (Å²) in [6.45, 7) is 4.78. The van der Waals surface area contributed by atoms with E-state index in [1.165, 1.54) is 0 Å². The van der Waals surface area contributed by atoms with Gasteiger partial charge in [0.1, 0.15) is 17.2 Å². The van der Waals surface area contributed by atoms with E-state index in [1.54, 1.807) is 0 Å². The molecule has 0 fully saturated rings. The van der Waals surface area contributed by atoms with Gasteiger partial charge in [0.25, 0.3) is 5.91 Å². The SMILES string of the molecule is CCC(NC(=O)c1c(-c2ccccc2)nc(-c2ccccc2)n1CC)c1ccccc1. The molecule has 0 bridgehead atoms. The first-order valence-electron chi connectivity index (χ1n) is 10.8. The number of hydrogen-bond acceptors (Lipinski definition) is 2. The van der Waals surface area contributed by atoms with E-state index in [-0.39, 0.29) is 11.9 Å². The summed E-state index contributed by atoms with van der Waals surface area (Å²) in [5.74, 6) is 0.700. The van der Waals surface area contributed by atoms with E-state index in [2.05, 4.69) is 24.4 Å². The van der Waals surface area contributed by atoms with Gasteiger partial charge in [-0.2, -0.15) is 0 Å². The van der Waals surface area contributed by atoms with E-state index in [4.69, 9.17) is 4.98 Å². The highest BCUT2D eigenvalue weighted by Crippen LogP contribution is 2.30. The first-order valence-corrected chi connectivity index (χ1v) is 10.8. The van der Waals surface area contributed by atoms with Gasteiger partial charge in [-0.15, -0.1) is 0 Å². The van der Waals surface area contributed by atoms with Gasteiger partial charge in [0.15, 0.2) is 0 Å². The summed E-state index contributed by atoms with van der Waals surface area (Å²) >= 11 is 0. The molecule has 3 aromatic carbocycles. The van der Waals surface area contributed by atoms with E-state index in [9.17, 15) is 4.79 Å². The third-order valence-corrected chi connectivity index (χ3v) is 5.49. The molecule has 0 aliphatic heterocycles. The molecular weight excluding hydrogens is 382 g/mol. The van der Waals surface area contributed by atoms with Crippen molar-refractivity contribution in [3.63, 3.8) is 0 Å². The van der Waals surface area contributed by atoms with Gasteiger partial charge in [0, 0.05) is 17.7 Å². The lowest BCUT2D eigenvalue weighted by Gasteiger charge is -2.19. The standard InChI is InChI=1S/C27H27N3O/c1-3-23(20-14-8-5-9-15-20)28-27(31)25-24(21-16-10-6-11-17-21)29-26(30(25)4-2)22-18-12-7-13-19-22/h5-19,23H,3-4H2,1-2H3,(H,28,31). The van der Waals surface area contributed by atoms with Gasteiger partial charge in [-0.3, -0.25) is 4.79 Å². The number of hydrogen-bond donors (Lipinski definition) is 1. The predicted octanol–water partition coefficient (Wildman–Crippen LogP) is 6.12.